The molecule has 0 aliphatic heterocycles. The van der Waals surface area contributed by atoms with Crippen LogP contribution in [0.1, 0.15) is 17.2 Å². The van der Waals surface area contributed by atoms with Crippen molar-refractivity contribution in [2.24, 2.45) is 0 Å². The maximum atomic E-state index is 13.4. The number of halogens is 3. The molecule has 21 heavy (non-hydrogen) atoms. The number of methoxy groups -OCH3 is 1. The molecule has 1 unspecified atom stereocenters. The van der Waals surface area contributed by atoms with Crippen molar-refractivity contribution in [1.82, 2.24) is 5.32 Å². The molecule has 2 nitrogen and oxygen atoms in total. The average molecular weight is 417 g/mol. The standard InChI is InChI=1S/C16H16Br2FNO/c1-20-15(10-3-5-14(19)13(18)8-10)9-11-7-12(17)4-6-16(11)21-2/h3-8,15,20H,9H2,1-2H3. The smallest absolute Gasteiger partial charge is 0.137 e. The Bertz CT molecular complexity index is 634. The Kier molecular flexibility index (Phi) is 5.79. The molecule has 0 fully saturated rings. The molecule has 1 atom stereocenters. The Morgan fingerprint density at radius 2 is 1.95 bits per heavy atom. The van der Waals surface area contributed by atoms with Crippen molar-refractivity contribution in [3.63, 3.8) is 0 Å². The molecule has 0 aliphatic rings. The molecule has 0 amide bonds. The van der Waals surface area contributed by atoms with E-state index in [9.17, 15) is 4.39 Å². The predicted molar refractivity (Wildman–Crippen MR) is 90.3 cm³/mol. The van der Waals surface area contributed by atoms with Crippen LogP contribution in [0.3, 0.4) is 0 Å². The first kappa shape index (κ1) is 16.5. The summed E-state index contributed by atoms with van der Waals surface area (Å²) in [6.45, 7) is 0. The Balaban J connectivity index is 2.30. The van der Waals surface area contributed by atoms with E-state index in [1.165, 1.54) is 6.07 Å². The molecule has 0 aromatic heterocycles. The molecule has 2 aromatic carbocycles. The lowest BCUT2D eigenvalue weighted by molar-refractivity contribution is 0.406. The van der Waals surface area contributed by atoms with E-state index in [0.717, 1.165) is 27.8 Å². The lowest BCUT2D eigenvalue weighted by atomic mass is 9.98. The Morgan fingerprint density at radius 1 is 1.19 bits per heavy atom. The van der Waals surface area contributed by atoms with Crippen LogP contribution in [0.2, 0.25) is 0 Å². The Morgan fingerprint density at radius 3 is 2.57 bits per heavy atom. The minimum Gasteiger partial charge on any atom is -0.496 e. The number of benzene rings is 2. The van der Waals surface area contributed by atoms with Crippen molar-refractivity contribution >= 4 is 31.9 Å². The van der Waals surface area contributed by atoms with Gasteiger partial charge < -0.3 is 10.1 Å². The number of likely N-dealkylation sites (N-methyl/N-ethyl adjacent to an activating group) is 1. The summed E-state index contributed by atoms with van der Waals surface area (Å²) in [6.07, 6.45) is 0.747. The lowest BCUT2D eigenvalue weighted by Gasteiger charge is -2.19. The van der Waals surface area contributed by atoms with Gasteiger partial charge >= 0.3 is 0 Å². The van der Waals surface area contributed by atoms with Crippen LogP contribution in [-0.2, 0) is 6.42 Å². The summed E-state index contributed by atoms with van der Waals surface area (Å²) in [6, 6.07) is 11.1. The van der Waals surface area contributed by atoms with Gasteiger partial charge in [-0.1, -0.05) is 22.0 Å². The third-order valence-electron chi connectivity index (χ3n) is 3.36. The summed E-state index contributed by atoms with van der Waals surface area (Å²) in [7, 11) is 3.56. The summed E-state index contributed by atoms with van der Waals surface area (Å²) < 4.78 is 20.3. The molecule has 0 aliphatic carbocycles. The highest BCUT2D eigenvalue weighted by atomic mass is 79.9. The highest BCUT2D eigenvalue weighted by molar-refractivity contribution is 9.10. The van der Waals surface area contributed by atoms with Gasteiger partial charge in [-0.3, -0.25) is 0 Å². The monoisotopic (exact) mass is 415 g/mol. The van der Waals surface area contributed by atoms with Crippen molar-refractivity contribution in [3.8, 4) is 5.75 Å². The highest BCUT2D eigenvalue weighted by Gasteiger charge is 2.15. The van der Waals surface area contributed by atoms with Crippen LogP contribution in [0.15, 0.2) is 45.3 Å². The van der Waals surface area contributed by atoms with Gasteiger partial charge in [-0.2, -0.15) is 0 Å². The van der Waals surface area contributed by atoms with E-state index in [1.54, 1.807) is 19.2 Å². The van der Waals surface area contributed by atoms with Crippen molar-refractivity contribution in [2.45, 2.75) is 12.5 Å². The number of hydrogen-bond acceptors (Lipinski definition) is 2. The second-order valence-electron chi connectivity index (χ2n) is 4.68. The molecular formula is C16H16Br2FNO. The third kappa shape index (κ3) is 4.05. The predicted octanol–water partition coefficient (Wildman–Crippen LogP) is 4.86. The number of rotatable bonds is 5. The van der Waals surface area contributed by atoms with Gasteiger partial charge in [0, 0.05) is 10.5 Å². The number of nitrogens with one attached hydrogen (secondary N) is 1. The second-order valence-corrected chi connectivity index (χ2v) is 6.45. The molecule has 5 heteroatoms. The van der Waals surface area contributed by atoms with Gasteiger partial charge in [-0.15, -0.1) is 0 Å². The third-order valence-corrected chi connectivity index (χ3v) is 4.46. The van der Waals surface area contributed by atoms with E-state index < -0.39 is 0 Å². The van der Waals surface area contributed by atoms with Crippen LogP contribution < -0.4 is 10.1 Å². The second kappa shape index (κ2) is 7.38. The molecule has 0 radical (unpaired) electrons. The van der Waals surface area contributed by atoms with Gasteiger partial charge in [0.1, 0.15) is 11.6 Å². The van der Waals surface area contributed by atoms with E-state index in [4.69, 9.17) is 4.74 Å². The zero-order valence-electron chi connectivity index (χ0n) is 11.8. The van der Waals surface area contributed by atoms with Crippen molar-refractivity contribution in [2.75, 3.05) is 14.2 Å². The summed E-state index contributed by atoms with van der Waals surface area (Å²) >= 11 is 6.72. The molecule has 0 spiro atoms. The quantitative estimate of drug-likeness (QED) is 0.751. The van der Waals surface area contributed by atoms with E-state index in [1.807, 2.05) is 25.2 Å². The zero-order chi connectivity index (χ0) is 15.4. The van der Waals surface area contributed by atoms with E-state index >= 15 is 0 Å². The molecule has 2 rings (SSSR count). The van der Waals surface area contributed by atoms with Crippen LogP contribution in [0.4, 0.5) is 4.39 Å². The molecular weight excluding hydrogens is 401 g/mol. The normalized spacial score (nSPS) is 12.2. The van der Waals surface area contributed by atoms with Gasteiger partial charge in [0.05, 0.1) is 11.6 Å². The SMILES string of the molecule is CNC(Cc1cc(Br)ccc1OC)c1ccc(F)c(Br)c1. The fraction of sp³-hybridized carbons (Fsp3) is 0.250. The van der Waals surface area contributed by atoms with Crippen LogP contribution in [0.5, 0.6) is 5.75 Å². The van der Waals surface area contributed by atoms with Gasteiger partial charge in [-0.25, -0.2) is 4.39 Å². The van der Waals surface area contributed by atoms with Crippen molar-refractivity contribution in [3.05, 3.63) is 62.3 Å². The first-order valence-electron chi connectivity index (χ1n) is 6.49. The Hall–Kier alpha value is -0.910. The number of hydrogen-bond donors (Lipinski definition) is 1. The largest absolute Gasteiger partial charge is 0.496 e. The zero-order valence-corrected chi connectivity index (χ0v) is 15.0. The molecule has 112 valence electrons. The van der Waals surface area contributed by atoms with Crippen LogP contribution in [0, 0.1) is 5.82 Å². The van der Waals surface area contributed by atoms with E-state index in [2.05, 4.69) is 37.2 Å². The molecule has 0 saturated heterocycles. The lowest BCUT2D eigenvalue weighted by Crippen LogP contribution is -2.19. The molecule has 0 heterocycles. The summed E-state index contributed by atoms with van der Waals surface area (Å²) in [5.41, 5.74) is 2.11. The number of ether oxygens (including phenoxy) is 1. The minimum absolute atomic E-state index is 0.0742. The van der Waals surface area contributed by atoms with E-state index in [-0.39, 0.29) is 11.9 Å². The van der Waals surface area contributed by atoms with Crippen molar-refractivity contribution < 1.29 is 9.13 Å². The van der Waals surface area contributed by atoms with Crippen LogP contribution in [-0.4, -0.2) is 14.2 Å². The maximum Gasteiger partial charge on any atom is 0.137 e. The molecule has 0 saturated carbocycles. The van der Waals surface area contributed by atoms with Gasteiger partial charge in [0.2, 0.25) is 0 Å². The van der Waals surface area contributed by atoms with Crippen LogP contribution in [0.25, 0.3) is 0 Å². The topological polar surface area (TPSA) is 21.3 Å². The van der Waals surface area contributed by atoms with Gasteiger partial charge in [0.25, 0.3) is 0 Å². The minimum atomic E-state index is -0.256. The Labute approximate surface area is 141 Å². The first-order valence-corrected chi connectivity index (χ1v) is 8.08. The van der Waals surface area contributed by atoms with Gasteiger partial charge in [0.15, 0.2) is 0 Å². The molecule has 0 bridgehead atoms. The summed E-state index contributed by atoms with van der Waals surface area (Å²) in [5.74, 6) is 0.591. The fourth-order valence-corrected chi connectivity index (χ4v) is 3.05. The average Bonchev–Trinajstić information content (AvgIpc) is 2.48. The molecule has 1 N–H and O–H groups in total. The first-order chi connectivity index (χ1) is 10.0. The van der Waals surface area contributed by atoms with E-state index in [0.29, 0.717) is 4.47 Å². The van der Waals surface area contributed by atoms with Crippen LogP contribution >= 0.6 is 31.9 Å². The highest BCUT2D eigenvalue weighted by Crippen LogP contribution is 2.29. The van der Waals surface area contributed by atoms with Gasteiger partial charge in [-0.05, 0) is 70.9 Å². The maximum absolute atomic E-state index is 13.4. The summed E-state index contributed by atoms with van der Waals surface area (Å²) in [5, 5.41) is 3.27. The summed E-state index contributed by atoms with van der Waals surface area (Å²) in [4.78, 5) is 0. The molecule has 2 aromatic rings. The van der Waals surface area contributed by atoms with Crippen molar-refractivity contribution in [1.29, 1.82) is 0 Å². The fourth-order valence-electron chi connectivity index (χ4n) is 2.24.